The molecule has 4 aromatic rings. The number of nitrogens with one attached hydrogen (secondary N) is 1. The molecule has 1 atom stereocenters. The second-order valence-electron chi connectivity index (χ2n) is 11.6. The second-order valence-corrected chi connectivity index (χ2v) is 14.3. The van der Waals surface area contributed by atoms with Crippen LogP contribution in [0.5, 0.6) is 0 Å². The number of amides is 2. The molecule has 10 heteroatoms. The Balaban J connectivity index is 1.57. The molecule has 240 valence electrons. The molecule has 0 heterocycles. The minimum Gasteiger partial charge on any atom is -0.352 e. The van der Waals surface area contributed by atoms with E-state index in [-0.39, 0.29) is 45.5 Å². The molecule has 1 fully saturated rings. The molecule has 2 amide bonds. The Bertz CT molecular complexity index is 1760. The Labute approximate surface area is 281 Å². The van der Waals surface area contributed by atoms with Gasteiger partial charge in [0, 0.05) is 19.0 Å². The van der Waals surface area contributed by atoms with Crippen LogP contribution in [0.2, 0.25) is 10.0 Å². The van der Waals surface area contributed by atoms with Gasteiger partial charge in [-0.05, 0) is 61.2 Å². The number of halogens is 2. The van der Waals surface area contributed by atoms with E-state index in [4.69, 9.17) is 23.2 Å². The predicted molar refractivity (Wildman–Crippen MR) is 183 cm³/mol. The van der Waals surface area contributed by atoms with Crippen molar-refractivity contribution in [1.82, 2.24) is 10.2 Å². The van der Waals surface area contributed by atoms with E-state index in [1.54, 1.807) is 18.2 Å². The number of carbonyl (C=O) groups is 2. The van der Waals surface area contributed by atoms with Crippen molar-refractivity contribution < 1.29 is 18.0 Å². The summed E-state index contributed by atoms with van der Waals surface area (Å²) in [5.74, 6) is -0.793. The van der Waals surface area contributed by atoms with Crippen molar-refractivity contribution >= 4 is 50.7 Å². The number of hydrogen-bond donors (Lipinski definition) is 1. The molecule has 0 bridgehead atoms. The van der Waals surface area contributed by atoms with E-state index < -0.39 is 28.5 Å². The van der Waals surface area contributed by atoms with Crippen LogP contribution in [0.3, 0.4) is 0 Å². The Hall–Kier alpha value is -3.85. The third kappa shape index (κ3) is 8.29. The van der Waals surface area contributed by atoms with Gasteiger partial charge in [0.1, 0.15) is 12.6 Å². The molecule has 7 nitrogen and oxygen atoms in total. The maximum absolute atomic E-state index is 14.6. The predicted octanol–water partition coefficient (Wildman–Crippen LogP) is 7.20. The summed E-state index contributed by atoms with van der Waals surface area (Å²) >= 11 is 12.5. The zero-order chi connectivity index (χ0) is 32.7. The Morgan fingerprint density at radius 3 is 2.13 bits per heavy atom. The summed E-state index contributed by atoms with van der Waals surface area (Å²) in [5, 5.41) is 3.59. The van der Waals surface area contributed by atoms with Crippen molar-refractivity contribution in [2.75, 3.05) is 10.8 Å². The highest BCUT2D eigenvalue weighted by atomic mass is 35.5. The highest BCUT2D eigenvalue weighted by molar-refractivity contribution is 7.92. The van der Waals surface area contributed by atoms with Gasteiger partial charge < -0.3 is 10.2 Å². The van der Waals surface area contributed by atoms with Crippen molar-refractivity contribution in [3.63, 3.8) is 0 Å². The van der Waals surface area contributed by atoms with Crippen LogP contribution in [-0.2, 0) is 32.6 Å². The molecular weight excluding hydrogens is 641 g/mol. The largest absolute Gasteiger partial charge is 0.352 e. The maximum Gasteiger partial charge on any atom is 0.264 e. The summed E-state index contributed by atoms with van der Waals surface area (Å²) in [5.41, 5.74) is 2.89. The highest BCUT2D eigenvalue weighted by Gasteiger charge is 2.35. The average Bonchev–Trinajstić information content (AvgIpc) is 3.56. The molecule has 46 heavy (non-hydrogen) atoms. The van der Waals surface area contributed by atoms with Crippen LogP contribution >= 0.6 is 23.2 Å². The number of aryl methyl sites for hydroxylation is 1. The molecule has 1 aliphatic carbocycles. The zero-order valence-corrected chi connectivity index (χ0v) is 27.9. The summed E-state index contributed by atoms with van der Waals surface area (Å²) in [6.45, 7) is 1.50. The zero-order valence-electron chi connectivity index (χ0n) is 25.6. The standard InChI is InChI=1S/C36H37Cl2N3O4S/c1-26-11-10-14-28(21-26)24-40(34(22-27-12-4-2-5-13-27)36(43)39-29-15-8-9-16-29)35(42)25-41(30-19-20-32(37)33(38)23-30)46(44,45)31-17-6-3-7-18-31/h2-7,10-14,17-21,23,29,34H,8-9,15-16,22,24-25H2,1H3,(H,39,43)/t34-/m1/s1. The van der Waals surface area contributed by atoms with E-state index in [2.05, 4.69) is 5.32 Å². The number of rotatable bonds is 12. The summed E-state index contributed by atoms with van der Waals surface area (Å²) < 4.78 is 29.3. The number of hydrogen-bond acceptors (Lipinski definition) is 4. The fourth-order valence-corrected chi connectivity index (χ4v) is 7.54. The van der Waals surface area contributed by atoms with Crippen molar-refractivity contribution in [1.29, 1.82) is 0 Å². The molecule has 5 rings (SSSR count). The molecular formula is C36H37Cl2N3O4S. The minimum absolute atomic E-state index is 0.0129. The van der Waals surface area contributed by atoms with E-state index in [1.807, 2.05) is 61.5 Å². The van der Waals surface area contributed by atoms with Gasteiger partial charge >= 0.3 is 0 Å². The van der Waals surface area contributed by atoms with Gasteiger partial charge in [0.25, 0.3) is 10.0 Å². The molecule has 1 saturated carbocycles. The molecule has 0 aliphatic heterocycles. The molecule has 0 spiro atoms. The SMILES string of the molecule is Cc1cccc(CN(C(=O)CN(c2ccc(Cl)c(Cl)c2)S(=O)(=O)c2ccccc2)[C@H](Cc2ccccc2)C(=O)NC2CCCC2)c1. The van der Waals surface area contributed by atoms with Crippen molar-refractivity contribution in [3.8, 4) is 0 Å². The molecule has 1 N–H and O–H groups in total. The van der Waals surface area contributed by atoms with Gasteiger partial charge in [0.15, 0.2) is 0 Å². The number of carbonyl (C=O) groups excluding carboxylic acids is 2. The van der Waals surface area contributed by atoms with Crippen LogP contribution in [0, 0.1) is 6.92 Å². The van der Waals surface area contributed by atoms with Crippen molar-refractivity contribution in [2.45, 2.75) is 62.6 Å². The lowest BCUT2D eigenvalue weighted by Crippen LogP contribution is -2.54. The smallest absolute Gasteiger partial charge is 0.264 e. The summed E-state index contributed by atoms with van der Waals surface area (Å²) in [7, 11) is -4.23. The fourth-order valence-electron chi connectivity index (χ4n) is 5.82. The lowest BCUT2D eigenvalue weighted by molar-refractivity contribution is -0.140. The van der Waals surface area contributed by atoms with Crippen LogP contribution in [0.1, 0.15) is 42.4 Å². The monoisotopic (exact) mass is 677 g/mol. The lowest BCUT2D eigenvalue weighted by Gasteiger charge is -2.34. The van der Waals surface area contributed by atoms with Crippen LogP contribution < -0.4 is 9.62 Å². The summed E-state index contributed by atoms with van der Waals surface area (Å²) in [6.07, 6.45) is 4.10. The number of sulfonamides is 1. The quantitative estimate of drug-likeness (QED) is 0.172. The molecule has 0 saturated heterocycles. The maximum atomic E-state index is 14.6. The third-order valence-electron chi connectivity index (χ3n) is 8.21. The van der Waals surface area contributed by atoms with Gasteiger partial charge in [-0.2, -0.15) is 0 Å². The van der Waals surface area contributed by atoms with Gasteiger partial charge in [0.05, 0.1) is 20.6 Å². The Morgan fingerprint density at radius 2 is 1.48 bits per heavy atom. The van der Waals surface area contributed by atoms with Gasteiger partial charge in [-0.1, -0.05) is 114 Å². The summed E-state index contributed by atoms with van der Waals surface area (Å²) in [4.78, 5) is 30.2. The average molecular weight is 679 g/mol. The Morgan fingerprint density at radius 1 is 0.826 bits per heavy atom. The van der Waals surface area contributed by atoms with E-state index in [0.717, 1.165) is 46.7 Å². The first-order valence-corrected chi connectivity index (χ1v) is 17.5. The molecule has 1 aliphatic rings. The van der Waals surface area contributed by atoms with Crippen LogP contribution in [-0.4, -0.2) is 43.8 Å². The van der Waals surface area contributed by atoms with Crippen molar-refractivity contribution in [2.24, 2.45) is 0 Å². The van der Waals surface area contributed by atoms with Crippen LogP contribution in [0.25, 0.3) is 0 Å². The molecule has 4 aromatic carbocycles. The number of benzene rings is 4. The van der Waals surface area contributed by atoms with Crippen LogP contribution in [0.15, 0.2) is 108 Å². The first-order valence-electron chi connectivity index (χ1n) is 15.3. The fraction of sp³-hybridized carbons (Fsp3) is 0.278. The third-order valence-corrected chi connectivity index (χ3v) is 10.7. The summed E-state index contributed by atoms with van der Waals surface area (Å²) in [6, 6.07) is 28.7. The van der Waals surface area contributed by atoms with Gasteiger partial charge in [-0.15, -0.1) is 0 Å². The van der Waals surface area contributed by atoms with Gasteiger partial charge in [-0.3, -0.25) is 13.9 Å². The van der Waals surface area contributed by atoms with E-state index in [1.165, 1.54) is 35.2 Å². The Kier molecular flexibility index (Phi) is 11.0. The molecule has 0 unspecified atom stereocenters. The van der Waals surface area contributed by atoms with Gasteiger partial charge in [-0.25, -0.2) is 8.42 Å². The normalized spacial score (nSPS) is 14.1. The van der Waals surface area contributed by atoms with Crippen LogP contribution in [0.4, 0.5) is 5.69 Å². The number of anilines is 1. The first kappa shape index (κ1) is 33.5. The van der Waals surface area contributed by atoms with E-state index in [0.29, 0.717) is 0 Å². The molecule has 0 aromatic heterocycles. The lowest BCUT2D eigenvalue weighted by atomic mass is 10.0. The minimum atomic E-state index is -4.23. The topological polar surface area (TPSA) is 86.8 Å². The van der Waals surface area contributed by atoms with E-state index in [9.17, 15) is 18.0 Å². The van der Waals surface area contributed by atoms with Crippen molar-refractivity contribution in [3.05, 3.63) is 130 Å². The van der Waals surface area contributed by atoms with Gasteiger partial charge in [0.2, 0.25) is 11.8 Å². The highest BCUT2D eigenvalue weighted by Crippen LogP contribution is 2.31. The second kappa shape index (κ2) is 15.2. The van der Waals surface area contributed by atoms with E-state index >= 15 is 0 Å². The molecule has 0 radical (unpaired) electrons. The first-order chi connectivity index (χ1) is 22.1. The number of nitrogens with zero attached hydrogens (tertiary/aromatic N) is 2.